The van der Waals surface area contributed by atoms with E-state index in [1.54, 1.807) is 0 Å². The molecule has 0 spiro atoms. The third-order valence-electron chi connectivity index (χ3n) is 0.680. The Kier molecular flexibility index (Phi) is 1.08. The maximum Gasteiger partial charge on any atom is 0.0686 e. The summed E-state index contributed by atoms with van der Waals surface area (Å²) in [6, 6.07) is 0. The van der Waals surface area contributed by atoms with E-state index in [-0.39, 0.29) is 0 Å². The molecule has 1 aliphatic rings. The SMILES string of the molecule is [CH2]CON1CC1. The molecule has 1 rings (SSSR count). The van der Waals surface area contributed by atoms with Gasteiger partial charge in [0.05, 0.1) is 6.61 Å². The van der Waals surface area contributed by atoms with Gasteiger partial charge in [-0.1, -0.05) is 0 Å². The first-order valence-corrected chi connectivity index (χ1v) is 2.10. The Labute approximate surface area is 37.7 Å². The summed E-state index contributed by atoms with van der Waals surface area (Å²) in [5.41, 5.74) is 0. The van der Waals surface area contributed by atoms with Crippen LogP contribution in [0.2, 0.25) is 0 Å². The van der Waals surface area contributed by atoms with E-state index in [4.69, 9.17) is 4.84 Å². The minimum Gasteiger partial charge on any atom is -0.299 e. The molecule has 6 heavy (non-hydrogen) atoms. The highest BCUT2D eigenvalue weighted by Gasteiger charge is 2.15. The molecule has 0 aromatic carbocycles. The predicted octanol–water partition coefficient (Wildman–Crippen LogP) is 0.0677. The van der Waals surface area contributed by atoms with Crippen molar-refractivity contribution in [2.45, 2.75) is 0 Å². The second-order valence-electron chi connectivity index (χ2n) is 1.26. The number of hydrogen-bond donors (Lipinski definition) is 0. The Morgan fingerprint density at radius 2 is 2.33 bits per heavy atom. The molecule has 0 bridgehead atoms. The second kappa shape index (κ2) is 1.58. The van der Waals surface area contributed by atoms with Crippen molar-refractivity contribution < 1.29 is 4.84 Å². The highest BCUT2D eigenvalue weighted by Crippen LogP contribution is 2.01. The molecule has 0 atom stereocenters. The third-order valence-corrected chi connectivity index (χ3v) is 0.680. The van der Waals surface area contributed by atoms with Gasteiger partial charge in [-0.2, -0.15) is 5.06 Å². The molecule has 1 aliphatic heterocycles. The highest BCUT2D eigenvalue weighted by atomic mass is 16.7. The molecule has 0 aromatic heterocycles. The van der Waals surface area contributed by atoms with Crippen LogP contribution in [0.5, 0.6) is 0 Å². The lowest BCUT2D eigenvalue weighted by Gasteiger charge is -1.92. The van der Waals surface area contributed by atoms with Gasteiger partial charge in [0.1, 0.15) is 0 Å². The average Bonchev–Trinajstić information content (AvgIpc) is 2.21. The summed E-state index contributed by atoms with van der Waals surface area (Å²) in [7, 11) is 0. The fourth-order valence-corrected chi connectivity index (χ4v) is 0.299. The van der Waals surface area contributed by atoms with Crippen molar-refractivity contribution in [2.75, 3.05) is 19.7 Å². The summed E-state index contributed by atoms with van der Waals surface area (Å²) in [4.78, 5) is 4.88. The Morgan fingerprint density at radius 3 is 2.50 bits per heavy atom. The Bertz CT molecular complexity index is 42.8. The van der Waals surface area contributed by atoms with Crippen LogP contribution in [0.1, 0.15) is 0 Å². The topological polar surface area (TPSA) is 12.2 Å². The Morgan fingerprint density at radius 1 is 1.67 bits per heavy atom. The quantitative estimate of drug-likeness (QED) is 0.441. The number of rotatable bonds is 2. The van der Waals surface area contributed by atoms with Crippen LogP contribution in [0.25, 0.3) is 0 Å². The van der Waals surface area contributed by atoms with Crippen molar-refractivity contribution in [3.63, 3.8) is 0 Å². The van der Waals surface area contributed by atoms with Gasteiger partial charge in [-0.05, 0) is 6.92 Å². The van der Waals surface area contributed by atoms with E-state index < -0.39 is 0 Å². The molecule has 0 N–H and O–H groups in total. The zero-order chi connectivity index (χ0) is 4.41. The van der Waals surface area contributed by atoms with Gasteiger partial charge in [-0.3, -0.25) is 4.84 Å². The molecule has 1 saturated heterocycles. The minimum absolute atomic E-state index is 0.569. The first-order chi connectivity index (χ1) is 2.93. The van der Waals surface area contributed by atoms with Crippen LogP contribution in [0.15, 0.2) is 0 Å². The van der Waals surface area contributed by atoms with Crippen LogP contribution in [-0.4, -0.2) is 24.8 Å². The lowest BCUT2D eigenvalue weighted by atomic mass is 10.9. The van der Waals surface area contributed by atoms with E-state index in [1.807, 2.05) is 5.06 Å². The highest BCUT2D eigenvalue weighted by molar-refractivity contribution is 4.60. The van der Waals surface area contributed by atoms with Crippen molar-refractivity contribution in [1.82, 2.24) is 5.06 Å². The first kappa shape index (κ1) is 4.09. The molecule has 1 fully saturated rings. The summed E-state index contributed by atoms with van der Waals surface area (Å²) >= 11 is 0. The van der Waals surface area contributed by atoms with Gasteiger partial charge in [-0.25, -0.2) is 0 Å². The molecular weight excluding hydrogens is 78.0 g/mol. The largest absolute Gasteiger partial charge is 0.299 e. The lowest BCUT2D eigenvalue weighted by molar-refractivity contribution is -0.0486. The van der Waals surface area contributed by atoms with Crippen LogP contribution >= 0.6 is 0 Å². The summed E-state index contributed by atoms with van der Waals surface area (Å²) in [6.07, 6.45) is 0. The lowest BCUT2D eigenvalue weighted by Crippen LogP contribution is -1.96. The molecule has 1 heterocycles. The van der Waals surface area contributed by atoms with Gasteiger partial charge >= 0.3 is 0 Å². The molecule has 0 saturated carbocycles. The van der Waals surface area contributed by atoms with Gasteiger partial charge in [0.25, 0.3) is 0 Å². The first-order valence-electron chi connectivity index (χ1n) is 2.10. The molecule has 0 aliphatic carbocycles. The molecular formula is C4H8NO. The van der Waals surface area contributed by atoms with Gasteiger partial charge in [-0.15, -0.1) is 0 Å². The van der Waals surface area contributed by atoms with E-state index in [1.165, 1.54) is 0 Å². The van der Waals surface area contributed by atoms with Crippen molar-refractivity contribution in [3.05, 3.63) is 6.92 Å². The Hall–Kier alpha value is -0.0800. The summed E-state index contributed by atoms with van der Waals surface area (Å²) in [5.74, 6) is 0. The zero-order valence-corrected chi connectivity index (χ0v) is 3.68. The number of hydroxylamine groups is 2. The fraction of sp³-hybridized carbons (Fsp3) is 0.750. The maximum absolute atomic E-state index is 4.88. The van der Waals surface area contributed by atoms with Crippen LogP contribution in [0.3, 0.4) is 0 Å². The van der Waals surface area contributed by atoms with E-state index >= 15 is 0 Å². The van der Waals surface area contributed by atoms with Crippen molar-refractivity contribution in [3.8, 4) is 0 Å². The second-order valence-corrected chi connectivity index (χ2v) is 1.26. The normalized spacial score (nSPS) is 21.5. The molecule has 2 nitrogen and oxygen atoms in total. The molecule has 0 aromatic rings. The van der Waals surface area contributed by atoms with Crippen LogP contribution in [-0.2, 0) is 4.84 Å². The van der Waals surface area contributed by atoms with Crippen molar-refractivity contribution in [1.29, 1.82) is 0 Å². The van der Waals surface area contributed by atoms with Gasteiger partial charge < -0.3 is 0 Å². The minimum atomic E-state index is 0.569. The van der Waals surface area contributed by atoms with Gasteiger partial charge in [0, 0.05) is 13.1 Å². The van der Waals surface area contributed by atoms with Crippen molar-refractivity contribution in [2.24, 2.45) is 0 Å². The van der Waals surface area contributed by atoms with Gasteiger partial charge in [0.2, 0.25) is 0 Å². The summed E-state index contributed by atoms with van der Waals surface area (Å²) < 4.78 is 0. The van der Waals surface area contributed by atoms with E-state index in [0.29, 0.717) is 6.61 Å². The molecule has 2 heteroatoms. The maximum atomic E-state index is 4.88. The van der Waals surface area contributed by atoms with Gasteiger partial charge in [0.15, 0.2) is 0 Å². The summed E-state index contributed by atoms with van der Waals surface area (Å²) in [5, 5.41) is 1.87. The zero-order valence-electron chi connectivity index (χ0n) is 3.68. The monoisotopic (exact) mass is 86.1 g/mol. The molecule has 1 radical (unpaired) electrons. The molecule has 0 unspecified atom stereocenters. The van der Waals surface area contributed by atoms with Crippen LogP contribution in [0.4, 0.5) is 0 Å². The fourth-order valence-electron chi connectivity index (χ4n) is 0.299. The molecule has 0 amide bonds. The smallest absolute Gasteiger partial charge is 0.0686 e. The number of nitrogens with zero attached hydrogens (tertiary/aromatic N) is 1. The van der Waals surface area contributed by atoms with Crippen LogP contribution < -0.4 is 0 Å². The standard InChI is InChI=1S/C4H8NO/c1-2-6-5-3-4-5/h1-4H2. The summed E-state index contributed by atoms with van der Waals surface area (Å²) in [6.45, 7) is 6.26. The third kappa shape index (κ3) is 0.954. The molecule has 35 valence electrons. The number of hydrogen-bond acceptors (Lipinski definition) is 2. The van der Waals surface area contributed by atoms with Crippen molar-refractivity contribution >= 4 is 0 Å². The van der Waals surface area contributed by atoms with Crippen LogP contribution in [0, 0.1) is 6.92 Å². The Balaban J connectivity index is 1.88. The predicted molar refractivity (Wildman–Crippen MR) is 22.9 cm³/mol. The van der Waals surface area contributed by atoms with E-state index in [2.05, 4.69) is 6.92 Å². The van der Waals surface area contributed by atoms with E-state index in [0.717, 1.165) is 13.1 Å². The average molecular weight is 86.1 g/mol. The van der Waals surface area contributed by atoms with E-state index in [9.17, 15) is 0 Å².